The van der Waals surface area contributed by atoms with Gasteiger partial charge in [-0.05, 0) is 43.7 Å². The summed E-state index contributed by atoms with van der Waals surface area (Å²) in [6.07, 6.45) is 0.695. The summed E-state index contributed by atoms with van der Waals surface area (Å²) in [6, 6.07) is 15.6. The minimum atomic E-state index is -0.237. The first-order valence-corrected chi connectivity index (χ1v) is 9.53. The molecule has 0 spiro atoms. The van der Waals surface area contributed by atoms with E-state index in [0.717, 1.165) is 21.9 Å². The van der Waals surface area contributed by atoms with Gasteiger partial charge in [0.2, 0.25) is 0 Å². The van der Waals surface area contributed by atoms with Crippen LogP contribution in [0.2, 0.25) is 0 Å². The lowest BCUT2D eigenvalue weighted by atomic mass is 10.1. The average Bonchev–Trinajstić information content (AvgIpc) is 2.69. The predicted octanol–water partition coefficient (Wildman–Crippen LogP) is 3.87. The van der Waals surface area contributed by atoms with Crippen molar-refractivity contribution < 1.29 is 14.3 Å². The van der Waals surface area contributed by atoms with Crippen molar-refractivity contribution in [3.05, 3.63) is 54.1 Å². The lowest BCUT2D eigenvalue weighted by Gasteiger charge is -2.19. The number of thioether (sulfide) groups is 1. The van der Waals surface area contributed by atoms with Gasteiger partial charge < -0.3 is 9.47 Å². The Morgan fingerprint density at radius 2 is 1.88 bits per heavy atom. The molecule has 1 atom stereocenters. The Morgan fingerprint density at radius 3 is 2.62 bits per heavy atom. The number of nitrogens with zero attached hydrogens (tertiary/aromatic N) is 1. The number of hydrazone groups is 1. The zero-order chi connectivity index (χ0) is 18.4. The standard InChI is InChI=1S/C20H22N2O3S/c1-3-17(15-9-10-18-19(13-15)25-12-11-24-18)21-22-20(23)14(2)26-16-7-5-4-6-8-16/h4-10,13-14H,3,11-12H2,1-2H3,(H,22,23)/b21-17-/t14-/m0/s1. The highest BCUT2D eigenvalue weighted by Crippen LogP contribution is 2.31. The molecule has 2 aromatic rings. The van der Waals surface area contributed by atoms with E-state index in [9.17, 15) is 4.79 Å². The normalized spacial score (nSPS) is 14.6. The smallest absolute Gasteiger partial charge is 0.253 e. The molecule has 0 bridgehead atoms. The van der Waals surface area contributed by atoms with E-state index in [-0.39, 0.29) is 11.2 Å². The molecule has 136 valence electrons. The Morgan fingerprint density at radius 1 is 1.15 bits per heavy atom. The molecular formula is C20H22N2O3S. The third kappa shape index (κ3) is 4.58. The number of nitrogens with one attached hydrogen (secondary N) is 1. The van der Waals surface area contributed by atoms with Crippen LogP contribution in [-0.4, -0.2) is 30.1 Å². The van der Waals surface area contributed by atoms with Crippen molar-refractivity contribution in [2.75, 3.05) is 13.2 Å². The fraction of sp³-hybridized carbons (Fsp3) is 0.300. The van der Waals surface area contributed by atoms with Crippen molar-refractivity contribution in [2.24, 2.45) is 5.10 Å². The molecule has 1 N–H and O–H groups in total. The van der Waals surface area contributed by atoms with Crippen LogP contribution in [0.15, 0.2) is 58.5 Å². The molecule has 1 heterocycles. The van der Waals surface area contributed by atoms with Gasteiger partial charge in [0.15, 0.2) is 11.5 Å². The van der Waals surface area contributed by atoms with E-state index in [1.807, 2.05) is 62.4 Å². The molecule has 0 aliphatic carbocycles. The van der Waals surface area contributed by atoms with Gasteiger partial charge in [-0.2, -0.15) is 5.10 Å². The molecule has 0 saturated carbocycles. The quantitative estimate of drug-likeness (QED) is 0.476. The Labute approximate surface area is 157 Å². The summed E-state index contributed by atoms with van der Waals surface area (Å²) in [4.78, 5) is 13.4. The summed E-state index contributed by atoms with van der Waals surface area (Å²) in [5, 5.41) is 4.09. The van der Waals surface area contributed by atoms with Crippen LogP contribution in [-0.2, 0) is 4.79 Å². The molecule has 6 heteroatoms. The molecule has 0 aromatic heterocycles. The van der Waals surface area contributed by atoms with Crippen LogP contribution in [0.25, 0.3) is 0 Å². The van der Waals surface area contributed by atoms with Gasteiger partial charge in [-0.15, -0.1) is 11.8 Å². The predicted molar refractivity (Wildman–Crippen MR) is 104 cm³/mol. The van der Waals surface area contributed by atoms with Gasteiger partial charge in [0.1, 0.15) is 13.2 Å². The number of carbonyl (C=O) groups is 1. The zero-order valence-corrected chi connectivity index (χ0v) is 15.7. The maximum absolute atomic E-state index is 12.3. The second kappa shape index (κ2) is 8.76. The Kier molecular flexibility index (Phi) is 6.17. The van der Waals surface area contributed by atoms with E-state index in [1.54, 1.807) is 0 Å². The fourth-order valence-electron chi connectivity index (χ4n) is 2.54. The Balaban J connectivity index is 1.66. The molecule has 0 saturated heterocycles. The third-order valence-electron chi connectivity index (χ3n) is 3.94. The highest BCUT2D eigenvalue weighted by atomic mass is 32.2. The highest BCUT2D eigenvalue weighted by molar-refractivity contribution is 8.00. The van der Waals surface area contributed by atoms with E-state index in [1.165, 1.54) is 11.8 Å². The van der Waals surface area contributed by atoms with E-state index < -0.39 is 0 Å². The van der Waals surface area contributed by atoms with Crippen molar-refractivity contribution in [1.82, 2.24) is 5.43 Å². The monoisotopic (exact) mass is 370 g/mol. The molecule has 0 fully saturated rings. The SMILES string of the molecule is CC/C(=N/NC(=O)[C@H](C)Sc1ccccc1)c1ccc2c(c1)OCCO2. The zero-order valence-electron chi connectivity index (χ0n) is 14.9. The average molecular weight is 370 g/mol. The molecule has 5 nitrogen and oxygen atoms in total. The summed E-state index contributed by atoms with van der Waals surface area (Å²) in [6.45, 7) is 4.98. The van der Waals surface area contributed by atoms with Gasteiger partial charge in [0.05, 0.1) is 11.0 Å². The summed E-state index contributed by atoms with van der Waals surface area (Å²) >= 11 is 1.51. The summed E-state index contributed by atoms with van der Waals surface area (Å²) < 4.78 is 11.2. The summed E-state index contributed by atoms with van der Waals surface area (Å²) in [7, 11) is 0. The van der Waals surface area contributed by atoms with E-state index >= 15 is 0 Å². The molecule has 3 rings (SSSR count). The number of ether oxygens (including phenoxy) is 2. The number of amides is 1. The maximum atomic E-state index is 12.3. The van der Waals surface area contributed by atoms with E-state index in [2.05, 4.69) is 10.5 Å². The minimum absolute atomic E-state index is 0.123. The topological polar surface area (TPSA) is 59.9 Å². The van der Waals surface area contributed by atoms with Crippen LogP contribution in [0.1, 0.15) is 25.8 Å². The fourth-order valence-corrected chi connectivity index (χ4v) is 3.42. The first-order chi connectivity index (χ1) is 12.7. The van der Waals surface area contributed by atoms with Crippen LogP contribution in [0, 0.1) is 0 Å². The van der Waals surface area contributed by atoms with E-state index in [0.29, 0.717) is 25.4 Å². The van der Waals surface area contributed by atoms with Gasteiger partial charge >= 0.3 is 0 Å². The maximum Gasteiger partial charge on any atom is 0.253 e. The number of fused-ring (bicyclic) bond motifs is 1. The summed E-state index contributed by atoms with van der Waals surface area (Å²) in [5.41, 5.74) is 4.40. The number of hydrogen-bond acceptors (Lipinski definition) is 5. The third-order valence-corrected chi connectivity index (χ3v) is 5.05. The number of benzene rings is 2. The van der Waals surface area contributed by atoms with Crippen LogP contribution in [0.4, 0.5) is 0 Å². The van der Waals surface area contributed by atoms with Gasteiger partial charge in [0, 0.05) is 10.5 Å². The Bertz CT molecular complexity index is 793. The van der Waals surface area contributed by atoms with Crippen molar-refractivity contribution in [3.8, 4) is 11.5 Å². The number of carbonyl (C=O) groups excluding carboxylic acids is 1. The van der Waals surface area contributed by atoms with Gasteiger partial charge in [-0.25, -0.2) is 5.43 Å². The van der Waals surface area contributed by atoms with E-state index in [4.69, 9.17) is 9.47 Å². The number of rotatable bonds is 6. The van der Waals surface area contributed by atoms with Crippen molar-refractivity contribution >= 4 is 23.4 Å². The molecule has 0 radical (unpaired) electrons. The lowest BCUT2D eigenvalue weighted by molar-refractivity contribution is -0.120. The molecule has 1 amide bonds. The Hall–Kier alpha value is -2.47. The molecule has 0 unspecified atom stereocenters. The largest absolute Gasteiger partial charge is 0.486 e. The second-order valence-electron chi connectivity index (χ2n) is 5.82. The highest BCUT2D eigenvalue weighted by Gasteiger charge is 2.16. The molecular weight excluding hydrogens is 348 g/mol. The van der Waals surface area contributed by atoms with Crippen LogP contribution >= 0.6 is 11.8 Å². The summed E-state index contributed by atoms with van der Waals surface area (Å²) in [5.74, 6) is 1.34. The van der Waals surface area contributed by atoms with Gasteiger partial charge in [-0.3, -0.25) is 4.79 Å². The lowest BCUT2D eigenvalue weighted by Crippen LogP contribution is -2.28. The second-order valence-corrected chi connectivity index (χ2v) is 7.23. The molecule has 26 heavy (non-hydrogen) atoms. The minimum Gasteiger partial charge on any atom is -0.486 e. The first-order valence-electron chi connectivity index (χ1n) is 8.65. The number of hydrogen-bond donors (Lipinski definition) is 1. The van der Waals surface area contributed by atoms with Gasteiger partial charge in [0.25, 0.3) is 5.91 Å². The van der Waals surface area contributed by atoms with Crippen LogP contribution < -0.4 is 14.9 Å². The molecule has 1 aliphatic rings. The van der Waals surface area contributed by atoms with Crippen LogP contribution in [0.3, 0.4) is 0 Å². The van der Waals surface area contributed by atoms with Crippen molar-refractivity contribution in [3.63, 3.8) is 0 Å². The van der Waals surface area contributed by atoms with Crippen molar-refractivity contribution in [1.29, 1.82) is 0 Å². The first kappa shape index (κ1) is 18.3. The molecule has 1 aliphatic heterocycles. The van der Waals surface area contributed by atoms with Gasteiger partial charge in [-0.1, -0.05) is 25.1 Å². The molecule has 2 aromatic carbocycles. The van der Waals surface area contributed by atoms with Crippen molar-refractivity contribution in [2.45, 2.75) is 30.4 Å². The van der Waals surface area contributed by atoms with Crippen LogP contribution in [0.5, 0.6) is 11.5 Å².